The minimum atomic E-state index is -0.645. The molecule has 5 rings (SSSR count). The van der Waals surface area contributed by atoms with E-state index in [1.54, 1.807) is 7.11 Å². The minimum absolute atomic E-state index is 0.0679. The molecule has 0 aliphatic carbocycles. The van der Waals surface area contributed by atoms with Crippen molar-refractivity contribution in [2.24, 2.45) is 5.92 Å². The molecule has 1 aromatic heterocycles. The number of urea groups is 1. The molecule has 3 saturated heterocycles. The number of fused-ring (bicyclic) bond motifs is 2. The second-order valence-electron chi connectivity index (χ2n) is 11.3. The number of imide groups is 1. The molecule has 2 aromatic rings. The van der Waals surface area contributed by atoms with E-state index in [0.717, 1.165) is 35.9 Å². The number of carbonyl (C=O) groups excluding carboxylic acids is 3. The maximum atomic E-state index is 13.4. The molecule has 0 radical (unpaired) electrons. The molecular formula is C30H43N5O4. The molecule has 3 unspecified atom stereocenters. The summed E-state index contributed by atoms with van der Waals surface area (Å²) >= 11 is 0. The normalized spacial score (nSPS) is 23.7. The Morgan fingerprint density at radius 1 is 1.13 bits per heavy atom. The van der Waals surface area contributed by atoms with Crippen molar-refractivity contribution in [1.82, 2.24) is 25.0 Å². The van der Waals surface area contributed by atoms with Crippen LogP contribution in [0.2, 0.25) is 0 Å². The SMILES string of the molecule is COCCCN(CC1CCCN2CCCCC12)C(=O)CCC1NC(=O)N(CCc2c[nH]c3ccccc23)C1=O. The maximum Gasteiger partial charge on any atom is 0.324 e. The maximum absolute atomic E-state index is 13.4. The minimum Gasteiger partial charge on any atom is -0.385 e. The van der Waals surface area contributed by atoms with Gasteiger partial charge in [0.15, 0.2) is 0 Å². The van der Waals surface area contributed by atoms with E-state index in [2.05, 4.69) is 15.2 Å². The molecule has 0 saturated carbocycles. The predicted molar refractivity (Wildman–Crippen MR) is 150 cm³/mol. The van der Waals surface area contributed by atoms with Gasteiger partial charge in [-0.1, -0.05) is 24.6 Å². The Balaban J connectivity index is 1.15. The van der Waals surface area contributed by atoms with Gasteiger partial charge >= 0.3 is 6.03 Å². The number of aromatic amines is 1. The van der Waals surface area contributed by atoms with E-state index in [9.17, 15) is 14.4 Å². The van der Waals surface area contributed by atoms with Gasteiger partial charge in [-0.25, -0.2) is 4.79 Å². The van der Waals surface area contributed by atoms with Crippen LogP contribution in [0, 0.1) is 5.92 Å². The molecule has 212 valence electrons. The molecule has 4 heterocycles. The highest BCUT2D eigenvalue weighted by molar-refractivity contribution is 6.04. The number of hydrogen-bond acceptors (Lipinski definition) is 5. The number of para-hydroxylation sites is 1. The van der Waals surface area contributed by atoms with Gasteiger partial charge in [-0.05, 0) is 75.6 Å². The summed E-state index contributed by atoms with van der Waals surface area (Å²) in [6, 6.07) is 7.58. The lowest BCUT2D eigenvalue weighted by Crippen LogP contribution is -2.51. The number of piperidine rings is 2. The van der Waals surface area contributed by atoms with Crippen molar-refractivity contribution in [2.75, 3.05) is 46.4 Å². The summed E-state index contributed by atoms with van der Waals surface area (Å²) in [6.07, 6.45) is 10.0. The van der Waals surface area contributed by atoms with Gasteiger partial charge < -0.3 is 24.8 Å². The number of benzene rings is 1. The lowest BCUT2D eigenvalue weighted by Gasteiger charge is -2.45. The number of rotatable bonds is 12. The molecule has 9 nitrogen and oxygen atoms in total. The molecule has 3 atom stereocenters. The first-order chi connectivity index (χ1) is 19.0. The smallest absolute Gasteiger partial charge is 0.324 e. The number of hydrogen-bond donors (Lipinski definition) is 2. The third-order valence-electron chi connectivity index (χ3n) is 8.85. The largest absolute Gasteiger partial charge is 0.385 e. The lowest BCUT2D eigenvalue weighted by molar-refractivity contribution is -0.133. The number of H-pyrrole nitrogens is 1. The quantitative estimate of drug-likeness (QED) is 0.319. The number of amides is 4. The first-order valence-corrected chi connectivity index (χ1v) is 14.7. The monoisotopic (exact) mass is 537 g/mol. The van der Waals surface area contributed by atoms with Crippen LogP contribution in [0.4, 0.5) is 4.79 Å². The van der Waals surface area contributed by atoms with Crippen molar-refractivity contribution in [1.29, 1.82) is 0 Å². The van der Waals surface area contributed by atoms with E-state index in [1.807, 2.05) is 35.4 Å². The van der Waals surface area contributed by atoms with Gasteiger partial charge in [-0.15, -0.1) is 0 Å². The van der Waals surface area contributed by atoms with Crippen molar-refractivity contribution in [3.63, 3.8) is 0 Å². The lowest BCUT2D eigenvalue weighted by atomic mass is 9.83. The van der Waals surface area contributed by atoms with Gasteiger partial charge in [0.1, 0.15) is 6.04 Å². The zero-order chi connectivity index (χ0) is 27.2. The van der Waals surface area contributed by atoms with Crippen molar-refractivity contribution in [3.8, 4) is 0 Å². The molecule has 1 aromatic carbocycles. The van der Waals surface area contributed by atoms with Crippen LogP contribution >= 0.6 is 0 Å². The van der Waals surface area contributed by atoms with Crippen LogP contribution in [0.15, 0.2) is 30.5 Å². The van der Waals surface area contributed by atoms with Crippen LogP contribution in [0.25, 0.3) is 10.9 Å². The standard InChI is InChI=1S/C30H43N5O4/c1-39-19-7-17-34(21-23-8-6-16-33-15-5-4-11-27(23)33)28(36)13-12-26-29(37)35(30(38)32-26)18-14-22-20-31-25-10-3-2-9-24(22)25/h2-3,9-10,20,23,26-27,31H,4-8,11-19,21H2,1H3,(H,32,38). The summed E-state index contributed by atoms with van der Waals surface area (Å²) in [4.78, 5) is 48.3. The van der Waals surface area contributed by atoms with Crippen molar-refractivity contribution in [2.45, 2.75) is 69.9 Å². The fraction of sp³-hybridized carbons (Fsp3) is 0.633. The van der Waals surface area contributed by atoms with E-state index >= 15 is 0 Å². The van der Waals surface area contributed by atoms with Crippen LogP contribution < -0.4 is 5.32 Å². The summed E-state index contributed by atoms with van der Waals surface area (Å²) in [5, 5.41) is 3.92. The molecule has 3 aliphatic heterocycles. The average molecular weight is 538 g/mol. The molecule has 2 N–H and O–H groups in total. The summed E-state index contributed by atoms with van der Waals surface area (Å²) < 4.78 is 5.25. The molecular weight excluding hydrogens is 494 g/mol. The van der Waals surface area contributed by atoms with Crippen LogP contribution in [0.1, 0.15) is 56.9 Å². The number of carbonyl (C=O) groups is 3. The Morgan fingerprint density at radius 2 is 1.97 bits per heavy atom. The van der Waals surface area contributed by atoms with Crippen molar-refractivity contribution >= 4 is 28.7 Å². The molecule has 0 bridgehead atoms. The Morgan fingerprint density at radius 3 is 2.85 bits per heavy atom. The Bertz CT molecular complexity index is 1150. The van der Waals surface area contributed by atoms with Crippen LogP contribution in [-0.4, -0.2) is 96.1 Å². The highest BCUT2D eigenvalue weighted by atomic mass is 16.5. The highest BCUT2D eigenvalue weighted by Crippen LogP contribution is 2.31. The Hall–Kier alpha value is -2.91. The molecule has 4 amide bonds. The third kappa shape index (κ3) is 6.47. The van der Waals surface area contributed by atoms with E-state index in [-0.39, 0.29) is 24.3 Å². The van der Waals surface area contributed by atoms with E-state index in [1.165, 1.54) is 43.7 Å². The number of nitrogens with one attached hydrogen (secondary N) is 2. The molecule has 0 spiro atoms. The summed E-state index contributed by atoms with van der Waals surface area (Å²) in [7, 11) is 1.69. The van der Waals surface area contributed by atoms with Gasteiger partial charge in [-0.3, -0.25) is 14.5 Å². The van der Waals surface area contributed by atoms with Crippen LogP contribution in [0.3, 0.4) is 0 Å². The zero-order valence-corrected chi connectivity index (χ0v) is 23.2. The molecule has 3 aliphatic rings. The number of methoxy groups -OCH3 is 1. The van der Waals surface area contributed by atoms with Crippen molar-refractivity contribution in [3.05, 3.63) is 36.0 Å². The Kier molecular flexibility index (Phi) is 9.19. The number of aromatic nitrogens is 1. The first kappa shape index (κ1) is 27.6. The van der Waals surface area contributed by atoms with E-state index in [0.29, 0.717) is 44.5 Å². The highest BCUT2D eigenvalue weighted by Gasteiger charge is 2.38. The van der Waals surface area contributed by atoms with E-state index in [4.69, 9.17) is 4.74 Å². The van der Waals surface area contributed by atoms with E-state index < -0.39 is 6.04 Å². The Labute approximate surface area is 231 Å². The molecule has 9 heteroatoms. The van der Waals surface area contributed by atoms with Gasteiger partial charge in [0.2, 0.25) is 5.91 Å². The van der Waals surface area contributed by atoms with Gasteiger partial charge in [0.25, 0.3) is 5.91 Å². The molecule has 39 heavy (non-hydrogen) atoms. The summed E-state index contributed by atoms with van der Waals surface area (Å²) in [5.74, 6) is 0.334. The topological polar surface area (TPSA) is 98.0 Å². The second-order valence-corrected chi connectivity index (χ2v) is 11.3. The fourth-order valence-electron chi connectivity index (χ4n) is 6.77. The van der Waals surface area contributed by atoms with Gasteiger partial charge in [0, 0.05) is 62.9 Å². The zero-order valence-electron chi connectivity index (χ0n) is 23.2. The van der Waals surface area contributed by atoms with Gasteiger partial charge in [-0.2, -0.15) is 0 Å². The average Bonchev–Trinajstić information content (AvgIpc) is 3.49. The summed E-state index contributed by atoms with van der Waals surface area (Å²) in [6.45, 7) is 4.73. The number of nitrogens with zero attached hydrogens (tertiary/aromatic N) is 3. The summed E-state index contributed by atoms with van der Waals surface area (Å²) in [5.41, 5.74) is 2.12. The van der Waals surface area contributed by atoms with Crippen LogP contribution in [-0.2, 0) is 20.7 Å². The van der Waals surface area contributed by atoms with Crippen molar-refractivity contribution < 1.29 is 19.1 Å². The predicted octanol–water partition coefficient (Wildman–Crippen LogP) is 3.54. The fourth-order valence-corrected chi connectivity index (χ4v) is 6.77. The second kappa shape index (κ2) is 13.0. The van der Waals surface area contributed by atoms with Gasteiger partial charge in [0.05, 0.1) is 0 Å². The molecule has 3 fully saturated rings. The third-order valence-corrected chi connectivity index (χ3v) is 8.85. The first-order valence-electron chi connectivity index (χ1n) is 14.7. The number of ether oxygens (including phenoxy) is 1. The van der Waals surface area contributed by atoms with Crippen LogP contribution in [0.5, 0.6) is 0 Å².